The molecule has 5 rings (SSSR count). The fourth-order valence-corrected chi connectivity index (χ4v) is 4.94. The van der Waals surface area contributed by atoms with Gasteiger partial charge in [0.05, 0.1) is 5.69 Å². The van der Waals surface area contributed by atoms with Crippen LogP contribution in [0.4, 0.5) is 8.78 Å². The number of benzene rings is 2. The molecule has 0 unspecified atom stereocenters. The summed E-state index contributed by atoms with van der Waals surface area (Å²) in [6, 6.07) is 13.8. The molecule has 0 saturated carbocycles. The molecule has 0 fully saturated rings. The molecule has 1 aliphatic carbocycles. The van der Waals surface area contributed by atoms with E-state index in [1.165, 1.54) is 24.5 Å². The van der Waals surface area contributed by atoms with Crippen LogP contribution < -0.4 is 5.56 Å². The van der Waals surface area contributed by atoms with E-state index >= 15 is 0 Å². The summed E-state index contributed by atoms with van der Waals surface area (Å²) in [4.78, 5) is 36.7. The van der Waals surface area contributed by atoms with Crippen LogP contribution in [0.2, 0.25) is 5.02 Å². The first-order valence-corrected chi connectivity index (χ1v) is 12.2. The Morgan fingerprint density at radius 3 is 2.57 bits per heavy atom. The van der Waals surface area contributed by atoms with E-state index in [9.17, 15) is 18.4 Å². The van der Waals surface area contributed by atoms with Crippen molar-refractivity contribution < 1.29 is 13.6 Å². The monoisotopic (exact) mass is 517 g/mol. The first kappa shape index (κ1) is 24.7. The Kier molecular flexibility index (Phi) is 7.06. The Morgan fingerprint density at radius 1 is 1.05 bits per heavy atom. The molecule has 2 aromatic heterocycles. The van der Waals surface area contributed by atoms with Gasteiger partial charge in [0.15, 0.2) is 0 Å². The predicted octanol–water partition coefficient (Wildman–Crippen LogP) is 6.08. The molecule has 2 aromatic carbocycles. The topological polar surface area (TPSA) is 75.7 Å². The number of ketones is 1. The highest BCUT2D eigenvalue weighted by Crippen LogP contribution is 2.34. The van der Waals surface area contributed by atoms with Gasteiger partial charge in [0.25, 0.3) is 0 Å². The van der Waals surface area contributed by atoms with E-state index < -0.39 is 17.6 Å². The zero-order valence-electron chi connectivity index (χ0n) is 19.7. The van der Waals surface area contributed by atoms with Crippen molar-refractivity contribution in [2.75, 3.05) is 0 Å². The van der Waals surface area contributed by atoms with Crippen LogP contribution in [0, 0.1) is 11.6 Å². The molecule has 0 amide bonds. The second-order valence-electron chi connectivity index (χ2n) is 9.08. The van der Waals surface area contributed by atoms with E-state index in [2.05, 4.69) is 15.0 Å². The average molecular weight is 518 g/mol. The van der Waals surface area contributed by atoms with Gasteiger partial charge in [0.1, 0.15) is 23.7 Å². The number of H-pyrrole nitrogens is 1. The van der Waals surface area contributed by atoms with Crippen LogP contribution in [-0.4, -0.2) is 20.7 Å². The number of pyridine rings is 1. The Balaban J connectivity index is 1.47. The van der Waals surface area contributed by atoms with Gasteiger partial charge in [-0.3, -0.25) is 9.59 Å². The number of carbonyl (C=O) groups is 1. The lowest BCUT2D eigenvalue weighted by atomic mass is 9.86. The van der Waals surface area contributed by atoms with Gasteiger partial charge >= 0.3 is 0 Å². The SMILES string of the molecule is O=C(CC1=CCc2ccc(=O)[nH]c21)C[C@@H](Cc1cc(F)cc(F)c1)c1ncncc1-c1ccc(Cl)cc1. The number of hydrogen-bond acceptors (Lipinski definition) is 4. The van der Waals surface area contributed by atoms with Crippen LogP contribution in [0.3, 0.4) is 0 Å². The van der Waals surface area contributed by atoms with Gasteiger partial charge in [-0.1, -0.05) is 35.9 Å². The highest BCUT2D eigenvalue weighted by molar-refractivity contribution is 6.30. The summed E-state index contributed by atoms with van der Waals surface area (Å²) in [6.07, 6.45) is 6.06. The number of carbonyl (C=O) groups excluding carboxylic acids is 1. The lowest BCUT2D eigenvalue weighted by Crippen LogP contribution is -2.14. The van der Waals surface area contributed by atoms with Crippen LogP contribution in [0.25, 0.3) is 16.7 Å². The highest BCUT2D eigenvalue weighted by Gasteiger charge is 2.25. The average Bonchev–Trinajstić information content (AvgIpc) is 3.25. The molecule has 1 atom stereocenters. The number of nitrogens with zero attached hydrogens (tertiary/aromatic N) is 2. The maximum atomic E-state index is 14.0. The fourth-order valence-electron chi connectivity index (χ4n) is 4.81. The number of allylic oxidation sites excluding steroid dienone is 2. The zero-order valence-corrected chi connectivity index (χ0v) is 20.4. The largest absolute Gasteiger partial charge is 0.322 e. The van der Waals surface area contributed by atoms with Crippen molar-refractivity contribution in [3.05, 3.63) is 123 Å². The first-order chi connectivity index (χ1) is 17.9. The normalized spacial score (nSPS) is 13.2. The summed E-state index contributed by atoms with van der Waals surface area (Å²) in [7, 11) is 0. The van der Waals surface area contributed by atoms with E-state index in [4.69, 9.17) is 11.6 Å². The fraction of sp³-hybridized carbons (Fsp3) is 0.172. The summed E-state index contributed by atoms with van der Waals surface area (Å²) in [5, 5.41) is 0.576. The Bertz CT molecular complexity index is 1540. The van der Waals surface area contributed by atoms with Crippen molar-refractivity contribution >= 4 is 23.0 Å². The van der Waals surface area contributed by atoms with Crippen LogP contribution in [-0.2, 0) is 17.6 Å². The molecule has 8 heteroatoms. The molecule has 0 bridgehead atoms. The number of hydrogen-bond donors (Lipinski definition) is 1. The number of rotatable bonds is 8. The lowest BCUT2D eigenvalue weighted by molar-refractivity contribution is -0.118. The minimum atomic E-state index is -0.683. The van der Waals surface area contributed by atoms with E-state index in [-0.39, 0.29) is 30.6 Å². The minimum Gasteiger partial charge on any atom is -0.322 e. The maximum Gasteiger partial charge on any atom is 0.248 e. The zero-order chi connectivity index (χ0) is 25.9. The molecule has 1 N–H and O–H groups in total. The summed E-state index contributed by atoms with van der Waals surface area (Å²) in [6.45, 7) is 0. The number of aromatic amines is 1. The number of aromatic nitrogens is 3. The van der Waals surface area contributed by atoms with Crippen molar-refractivity contribution in [3.8, 4) is 11.1 Å². The number of Topliss-reactive ketones (excluding diaryl/α,β-unsaturated/α-hetero) is 1. The van der Waals surface area contributed by atoms with Crippen LogP contribution in [0.5, 0.6) is 0 Å². The molecule has 4 aromatic rings. The third-order valence-corrected chi connectivity index (χ3v) is 6.70. The van der Waals surface area contributed by atoms with Crippen molar-refractivity contribution in [1.82, 2.24) is 15.0 Å². The summed E-state index contributed by atoms with van der Waals surface area (Å²) >= 11 is 6.06. The van der Waals surface area contributed by atoms with Gasteiger partial charge in [0.2, 0.25) is 5.56 Å². The number of fused-ring (bicyclic) bond motifs is 1. The van der Waals surface area contributed by atoms with Gasteiger partial charge in [-0.05, 0) is 59.4 Å². The van der Waals surface area contributed by atoms with Gasteiger partial charge < -0.3 is 4.98 Å². The Morgan fingerprint density at radius 2 is 1.81 bits per heavy atom. The van der Waals surface area contributed by atoms with Crippen molar-refractivity contribution in [2.24, 2.45) is 0 Å². The van der Waals surface area contributed by atoms with E-state index in [0.29, 0.717) is 34.0 Å². The molecular formula is C29H22ClF2N3O2. The van der Waals surface area contributed by atoms with Gasteiger partial charge in [-0.25, -0.2) is 18.7 Å². The molecule has 1 aliphatic rings. The first-order valence-electron chi connectivity index (χ1n) is 11.8. The quantitative estimate of drug-likeness (QED) is 0.307. The molecule has 0 radical (unpaired) electrons. The van der Waals surface area contributed by atoms with E-state index in [1.807, 2.05) is 18.2 Å². The van der Waals surface area contributed by atoms with Gasteiger partial charge in [-0.2, -0.15) is 0 Å². The molecule has 37 heavy (non-hydrogen) atoms. The summed E-state index contributed by atoms with van der Waals surface area (Å²) in [5.74, 6) is -1.92. The minimum absolute atomic E-state index is 0.0775. The number of halogens is 3. The maximum absolute atomic E-state index is 14.0. The predicted molar refractivity (Wildman–Crippen MR) is 138 cm³/mol. The third-order valence-electron chi connectivity index (χ3n) is 6.45. The van der Waals surface area contributed by atoms with Crippen molar-refractivity contribution in [3.63, 3.8) is 0 Å². The van der Waals surface area contributed by atoms with E-state index in [1.54, 1.807) is 24.4 Å². The summed E-state index contributed by atoms with van der Waals surface area (Å²) in [5.41, 5.74) is 4.75. The third kappa shape index (κ3) is 5.73. The molecule has 2 heterocycles. The molecular weight excluding hydrogens is 496 g/mol. The molecule has 0 spiro atoms. The number of nitrogens with one attached hydrogen (secondary N) is 1. The van der Waals surface area contributed by atoms with Crippen molar-refractivity contribution in [1.29, 1.82) is 0 Å². The highest BCUT2D eigenvalue weighted by atomic mass is 35.5. The van der Waals surface area contributed by atoms with Gasteiger partial charge in [0, 0.05) is 53.4 Å². The Labute approximate surface area is 216 Å². The van der Waals surface area contributed by atoms with Crippen LogP contribution in [0.1, 0.15) is 41.3 Å². The van der Waals surface area contributed by atoms with Crippen LogP contribution >= 0.6 is 11.6 Å². The Hall–Kier alpha value is -3.97. The second-order valence-corrected chi connectivity index (χ2v) is 9.52. The standard InChI is InChI=1S/C29H22ClF2N3O2/c30-22-6-3-18(4-7-22)26-15-33-16-34-29(26)21(9-17-10-23(31)14-24(32)11-17)13-25(36)12-20-2-1-19-5-8-27(37)35-28(19)20/h2-8,10-11,14-16,21H,1,9,12-13H2,(H,35,37)/t21-/m1/s1. The lowest BCUT2D eigenvalue weighted by Gasteiger charge is -2.20. The summed E-state index contributed by atoms with van der Waals surface area (Å²) < 4.78 is 28.0. The smallest absolute Gasteiger partial charge is 0.248 e. The molecule has 0 aliphatic heterocycles. The second kappa shape index (κ2) is 10.6. The van der Waals surface area contributed by atoms with Crippen molar-refractivity contribution in [2.45, 2.75) is 31.6 Å². The van der Waals surface area contributed by atoms with Crippen LogP contribution in [0.15, 0.2) is 78.0 Å². The van der Waals surface area contributed by atoms with Gasteiger partial charge in [-0.15, -0.1) is 0 Å². The van der Waals surface area contributed by atoms with E-state index in [0.717, 1.165) is 22.8 Å². The molecule has 5 nitrogen and oxygen atoms in total. The molecule has 0 saturated heterocycles. The molecule has 186 valence electrons.